The third kappa shape index (κ3) is 5.77. The molecule has 1 N–H and O–H groups in total. The van der Waals surface area contributed by atoms with Gasteiger partial charge in [-0.05, 0) is 0 Å². The van der Waals surface area contributed by atoms with E-state index >= 15 is 0 Å². The fourth-order valence-electron chi connectivity index (χ4n) is 2.79. The standard InChI is InChI=1S/C17H22N2O9S2/c1-26-12(21)8-10-13(16(22)27-2)15(29-14(10)17(23)28-3)18-11(20)9-19-4-6-30(24,25)7-5-19/h4-9H2,1-3H3,(H,18,20). The molecule has 0 bridgehead atoms. The highest BCUT2D eigenvalue weighted by Crippen LogP contribution is 2.35. The molecule has 1 amide bonds. The number of rotatable bonds is 7. The smallest absolute Gasteiger partial charge is 0.348 e. The third-order valence-corrected chi connectivity index (χ3v) is 7.11. The monoisotopic (exact) mass is 462 g/mol. The van der Waals surface area contributed by atoms with Gasteiger partial charge in [-0.1, -0.05) is 0 Å². The summed E-state index contributed by atoms with van der Waals surface area (Å²) in [6.07, 6.45) is -0.401. The number of nitrogens with one attached hydrogen (secondary N) is 1. The van der Waals surface area contributed by atoms with Crippen LogP contribution in [0, 0.1) is 0 Å². The molecule has 0 spiro atoms. The van der Waals surface area contributed by atoms with Gasteiger partial charge in [0, 0.05) is 18.7 Å². The zero-order chi connectivity index (χ0) is 22.5. The van der Waals surface area contributed by atoms with Gasteiger partial charge in [-0.15, -0.1) is 11.3 Å². The van der Waals surface area contributed by atoms with Crippen molar-refractivity contribution in [1.82, 2.24) is 4.90 Å². The van der Waals surface area contributed by atoms with Gasteiger partial charge in [-0.3, -0.25) is 14.5 Å². The van der Waals surface area contributed by atoms with Crippen molar-refractivity contribution in [3.8, 4) is 0 Å². The van der Waals surface area contributed by atoms with E-state index in [1.807, 2.05) is 0 Å². The maximum atomic E-state index is 12.5. The molecule has 0 radical (unpaired) electrons. The highest BCUT2D eigenvalue weighted by Gasteiger charge is 2.31. The number of ether oxygens (including phenoxy) is 3. The van der Waals surface area contributed by atoms with E-state index in [0.29, 0.717) is 0 Å². The summed E-state index contributed by atoms with van der Waals surface area (Å²) >= 11 is 0.776. The van der Waals surface area contributed by atoms with E-state index in [-0.39, 0.29) is 52.1 Å². The second kappa shape index (κ2) is 10.00. The fourth-order valence-corrected chi connectivity index (χ4v) is 5.21. The van der Waals surface area contributed by atoms with Gasteiger partial charge < -0.3 is 19.5 Å². The molecule has 1 fully saturated rings. The normalized spacial score (nSPS) is 15.8. The van der Waals surface area contributed by atoms with E-state index in [0.717, 1.165) is 32.7 Å². The van der Waals surface area contributed by atoms with Gasteiger partial charge in [0.15, 0.2) is 9.84 Å². The quantitative estimate of drug-likeness (QED) is 0.423. The number of thiophene rings is 1. The summed E-state index contributed by atoms with van der Waals surface area (Å²) < 4.78 is 37.1. The minimum Gasteiger partial charge on any atom is -0.469 e. The van der Waals surface area contributed by atoms with Crippen LogP contribution in [-0.2, 0) is 40.1 Å². The molecule has 2 heterocycles. The number of sulfone groups is 1. The third-order valence-electron chi connectivity index (χ3n) is 4.37. The Morgan fingerprint density at radius 2 is 1.60 bits per heavy atom. The fraction of sp³-hybridized carbons (Fsp3) is 0.529. The summed E-state index contributed by atoms with van der Waals surface area (Å²) in [5.41, 5.74) is -0.104. The molecule has 1 aromatic heterocycles. The molecule has 13 heteroatoms. The van der Waals surface area contributed by atoms with Crippen molar-refractivity contribution in [1.29, 1.82) is 0 Å². The number of anilines is 1. The molecule has 0 saturated carbocycles. The molecule has 30 heavy (non-hydrogen) atoms. The van der Waals surface area contributed by atoms with Crippen LogP contribution < -0.4 is 5.32 Å². The lowest BCUT2D eigenvalue weighted by Gasteiger charge is -2.25. The Hall–Kier alpha value is -2.51. The molecule has 11 nitrogen and oxygen atoms in total. The van der Waals surface area contributed by atoms with Crippen molar-refractivity contribution >= 4 is 50.0 Å². The average molecular weight is 463 g/mol. The van der Waals surface area contributed by atoms with Crippen LogP contribution in [0.4, 0.5) is 5.00 Å². The zero-order valence-corrected chi connectivity index (χ0v) is 18.3. The number of nitrogens with zero attached hydrogens (tertiary/aromatic N) is 1. The van der Waals surface area contributed by atoms with Gasteiger partial charge in [-0.2, -0.15) is 0 Å². The molecule has 0 unspecified atom stereocenters. The van der Waals surface area contributed by atoms with Crippen LogP contribution in [-0.4, -0.2) is 89.6 Å². The summed E-state index contributed by atoms with van der Waals surface area (Å²) in [5.74, 6) is -2.92. The van der Waals surface area contributed by atoms with Crippen molar-refractivity contribution in [2.45, 2.75) is 6.42 Å². The minimum atomic E-state index is -3.09. The molecule has 0 aliphatic carbocycles. The summed E-state index contributed by atoms with van der Waals surface area (Å²) in [6, 6.07) is 0. The van der Waals surface area contributed by atoms with Crippen LogP contribution in [0.5, 0.6) is 0 Å². The molecule has 1 aliphatic rings. The summed E-state index contributed by atoms with van der Waals surface area (Å²) in [5, 5.41) is 2.58. The number of hydrogen-bond donors (Lipinski definition) is 1. The summed E-state index contributed by atoms with van der Waals surface area (Å²) in [6.45, 7) is 0.323. The maximum Gasteiger partial charge on any atom is 0.348 e. The Kier molecular flexibility index (Phi) is 7.92. The maximum absolute atomic E-state index is 12.5. The molecular weight excluding hydrogens is 440 g/mol. The first-order valence-corrected chi connectivity index (χ1v) is 11.4. The van der Waals surface area contributed by atoms with Gasteiger partial charge in [0.05, 0.1) is 51.4 Å². The average Bonchev–Trinajstić information content (AvgIpc) is 3.05. The number of carbonyl (C=O) groups excluding carboxylic acids is 4. The molecule has 1 saturated heterocycles. The molecule has 1 aliphatic heterocycles. The van der Waals surface area contributed by atoms with Crippen LogP contribution in [0.2, 0.25) is 0 Å². The van der Waals surface area contributed by atoms with E-state index in [4.69, 9.17) is 9.47 Å². The second-order valence-electron chi connectivity index (χ2n) is 6.33. The SMILES string of the molecule is COC(=O)Cc1c(C(=O)OC)sc(NC(=O)CN2CCS(=O)(=O)CC2)c1C(=O)OC. The molecule has 2 rings (SSSR count). The molecular formula is C17H22N2O9S2. The lowest BCUT2D eigenvalue weighted by Crippen LogP contribution is -2.43. The number of amides is 1. The van der Waals surface area contributed by atoms with Gasteiger partial charge in [0.1, 0.15) is 9.88 Å². The predicted octanol–water partition coefficient (Wildman–Crippen LogP) is -0.294. The second-order valence-corrected chi connectivity index (χ2v) is 9.65. The van der Waals surface area contributed by atoms with Crippen LogP contribution in [0.3, 0.4) is 0 Å². The first-order valence-electron chi connectivity index (χ1n) is 8.73. The highest BCUT2D eigenvalue weighted by molar-refractivity contribution is 7.91. The van der Waals surface area contributed by atoms with E-state index in [9.17, 15) is 27.6 Å². The zero-order valence-electron chi connectivity index (χ0n) is 16.7. The first kappa shape index (κ1) is 23.8. The Bertz CT molecular complexity index is 939. The van der Waals surface area contributed by atoms with Crippen LogP contribution in [0.1, 0.15) is 25.6 Å². The Balaban J connectivity index is 2.31. The van der Waals surface area contributed by atoms with Gasteiger partial charge in [0.2, 0.25) is 5.91 Å². The van der Waals surface area contributed by atoms with Crippen LogP contribution in [0.25, 0.3) is 0 Å². The topological polar surface area (TPSA) is 145 Å². The summed E-state index contributed by atoms with van der Waals surface area (Å²) in [7, 11) is 0.338. The number of hydrogen-bond acceptors (Lipinski definition) is 11. The lowest BCUT2D eigenvalue weighted by atomic mass is 10.1. The van der Waals surface area contributed by atoms with Crippen LogP contribution in [0.15, 0.2) is 0 Å². The van der Waals surface area contributed by atoms with Gasteiger partial charge >= 0.3 is 17.9 Å². The minimum absolute atomic E-state index is 0.0239. The van der Waals surface area contributed by atoms with Crippen molar-refractivity contribution in [3.05, 3.63) is 16.0 Å². The molecule has 0 aromatic carbocycles. The van der Waals surface area contributed by atoms with Crippen LogP contribution >= 0.6 is 11.3 Å². The first-order chi connectivity index (χ1) is 14.1. The molecule has 0 atom stereocenters. The number of esters is 3. The molecule has 166 valence electrons. The Morgan fingerprint density at radius 1 is 1.00 bits per heavy atom. The van der Waals surface area contributed by atoms with Crippen molar-refractivity contribution in [3.63, 3.8) is 0 Å². The number of carbonyl (C=O) groups is 4. The van der Waals surface area contributed by atoms with Crippen molar-refractivity contribution in [2.24, 2.45) is 0 Å². The Labute approximate surface area is 177 Å². The van der Waals surface area contributed by atoms with E-state index in [2.05, 4.69) is 10.1 Å². The largest absolute Gasteiger partial charge is 0.469 e. The summed E-state index contributed by atoms with van der Waals surface area (Å²) in [4.78, 5) is 50.4. The van der Waals surface area contributed by atoms with E-state index in [1.54, 1.807) is 4.90 Å². The van der Waals surface area contributed by atoms with Crippen molar-refractivity contribution in [2.75, 3.05) is 57.8 Å². The number of methoxy groups -OCH3 is 3. The highest BCUT2D eigenvalue weighted by atomic mass is 32.2. The van der Waals surface area contributed by atoms with E-state index < -0.39 is 40.1 Å². The lowest BCUT2D eigenvalue weighted by molar-refractivity contribution is -0.139. The Morgan fingerprint density at radius 3 is 2.13 bits per heavy atom. The van der Waals surface area contributed by atoms with Gasteiger partial charge in [-0.25, -0.2) is 18.0 Å². The van der Waals surface area contributed by atoms with Crippen molar-refractivity contribution < 1.29 is 41.8 Å². The van der Waals surface area contributed by atoms with E-state index in [1.165, 1.54) is 0 Å². The predicted molar refractivity (Wildman–Crippen MR) is 106 cm³/mol. The van der Waals surface area contributed by atoms with Gasteiger partial charge in [0.25, 0.3) is 0 Å². The molecule has 1 aromatic rings.